The van der Waals surface area contributed by atoms with Gasteiger partial charge in [0.2, 0.25) is 5.95 Å². The molecule has 0 aliphatic carbocycles. The second-order valence-corrected chi connectivity index (χ2v) is 6.15. The molecule has 5 nitrogen and oxygen atoms in total. The van der Waals surface area contributed by atoms with Gasteiger partial charge in [0.25, 0.3) is 0 Å². The topological polar surface area (TPSA) is 50.3 Å². The number of nitrogens with one attached hydrogen (secondary N) is 1. The van der Waals surface area contributed by atoms with Gasteiger partial charge in [-0.1, -0.05) is 42.5 Å². The molecule has 1 N–H and O–H groups in total. The van der Waals surface area contributed by atoms with Gasteiger partial charge in [0, 0.05) is 25.0 Å². The Morgan fingerprint density at radius 1 is 0.920 bits per heavy atom. The third-order valence-electron chi connectivity index (χ3n) is 4.43. The summed E-state index contributed by atoms with van der Waals surface area (Å²) in [5, 5.41) is 4.57. The Hall–Kier alpha value is -2.66. The average Bonchev–Trinajstić information content (AvgIpc) is 2.69. The number of anilines is 2. The molecule has 25 heavy (non-hydrogen) atoms. The number of rotatable bonds is 5. The van der Waals surface area contributed by atoms with Crippen LogP contribution in [0.3, 0.4) is 0 Å². The molecule has 1 aromatic heterocycles. The number of para-hydroxylation sites is 1. The Balaban J connectivity index is 1.57. The minimum atomic E-state index is 0.729. The molecule has 1 saturated heterocycles. The van der Waals surface area contributed by atoms with Crippen molar-refractivity contribution >= 4 is 22.7 Å². The van der Waals surface area contributed by atoms with Crippen LogP contribution >= 0.6 is 0 Å². The molecule has 0 radical (unpaired) electrons. The van der Waals surface area contributed by atoms with E-state index in [-0.39, 0.29) is 0 Å². The molecule has 0 atom stereocenters. The number of ether oxygens (including phenoxy) is 1. The number of hydrogen-bond acceptors (Lipinski definition) is 5. The van der Waals surface area contributed by atoms with Crippen LogP contribution in [0.5, 0.6) is 0 Å². The summed E-state index contributed by atoms with van der Waals surface area (Å²) < 4.78 is 5.44. The standard InChI is InChI=1S/C20H22N4O/c1-2-6-16(7-3-1)10-11-21-19-17-8-4-5-9-18(17)22-20(23-19)24-12-14-25-15-13-24/h1-9H,10-15H2,(H,21,22,23). The van der Waals surface area contributed by atoms with Gasteiger partial charge < -0.3 is 15.0 Å². The van der Waals surface area contributed by atoms with Gasteiger partial charge in [0.1, 0.15) is 5.82 Å². The van der Waals surface area contributed by atoms with Crippen LogP contribution in [-0.4, -0.2) is 42.8 Å². The summed E-state index contributed by atoms with van der Waals surface area (Å²) in [6, 6.07) is 18.7. The molecule has 1 fully saturated rings. The second-order valence-electron chi connectivity index (χ2n) is 6.15. The maximum atomic E-state index is 5.44. The summed E-state index contributed by atoms with van der Waals surface area (Å²) in [4.78, 5) is 11.7. The Morgan fingerprint density at radius 3 is 2.52 bits per heavy atom. The van der Waals surface area contributed by atoms with Crippen molar-refractivity contribution in [3.63, 3.8) is 0 Å². The summed E-state index contributed by atoms with van der Waals surface area (Å²) in [7, 11) is 0. The van der Waals surface area contributed by atoms with Crippen LogP contribution in [0, 0.1) is 0 Å². The lowest BCUT2D eigenvalue weighted by atomic mass is 10.1. The van der Waals surface area contributed by atoms with E-state index in [2.05, 4.69) is 40.5 Å². The van der Waals surface area contributed by atoms with Crippen LogP contribution < -0.4 is 10.2 Å². The summed E-state index contributed by atoms with van der Waals surface area (Å²) in [6.07, 6.45) is 0.964. The first-order chi connectivity index (χ1) is 12.4. The predicted molar refractivity (Wildman–Crippen MR) is 101 cm³/mol. The summed E-state index contributed by atoms with van der Waals surface area (Å²) in [5.74, 6) is 1.69. The molecule has 0 bridgehead atoms. The molecule has 1 aliphatic rings. The predicted octanol–water partition coefficient (Wildman–Crippen LogP) is 3.12. The van der Waals surface area contributed by atoms with Crippen molar-refractivity contribution in [1.29, 1.82) is 0 Å². The van der Waals surface area contributed by atoms with E-state index in [1.807, 2.05) is 24.3 Å². The number of aromatic nitrogens is 2. The zero-order chi connectivity index (χ0) is 16.9. The molecular weight excluding hydrogens is 312 g/mol. The van der Waals surface area contributed by atoms with E-state index in [1.54, 1.807) is 0 Å². The first-order valence-electron chi connectivity index (χ1n) is 8.77. The number of morpholine rings is 1. The van der Waals surface area contributed by atoms with Crippen LogP contribution in [-0.2, 0) is 11.2 Å². The summed E-state index contributed by atoms with van der Waals surface area (Å²) in [6.45, 7) is 3.97. The monoisotopic (exact) mass is 334 g/mol. The van der Waals surface area contributed by atoms with E-state index in [1.165, 1.54) is 5.56 Å². The minimum absolute atomic E-state index is 0.729. The summed E-state index contributed by atoms with van der Waals surface area (Å²) >= 11 is 0. The SMILES string of the molecule is c1ccc(CCNc2nc(N3CCOCC3)nc3ccccc23)cc1. The normalized spacial score (nSPS) is 14.6. The van der Waals surface area contributed by atoms with Crippen molar-refractivity contribution in [2.75, 3.05) is 43.1 Å². The lowest BCUT2D eigenvalue weighted by Gasteiger charge is -2.27. The van der Waals surface area contributed by atoms with Crippen LogP contribution in [0.2, 0.25) is 0 Å². The molecule has 1 aliphatic heterocycles. The zero-order valence-electron chi connectivity index (χ0n) is 14.2. The molecule has 0 spiro atoms. The fourth-order valence-electron chi connectivity index (χ4n) is 3.07. The third kappa shape index (κ3) is 3.72. The zero-order valence-corrected chi connectivity index (χ0v) is 14.2. The van der Waals surface area contributed by atoms with Crippen LogP contribution in [0.15, 0.2) is 54.6 Å². The molecule has 2 heterocycles. The highest BCUT2D eigenvalue weighted by Gasteiger charge is 2.16. The van der Waals surface area contributed by atoms with Crippen molar-refractivity contribution in [2.24, 2.45) is 0 Å². The maximum absolute atomic E-state index is 5.44. The van der Waals surface area contributed by atoms with Crippen LogP contribution in [0.1, 0.15) is 5.56 Å². The van der Waals surface area contributed by atoms with Gasteiger partial charge in [-0.3, -0.25) is 0 Å². The third-order valence-corrected chi connectivity index (χ3v) is 4.43. The van der Waals surface area contributed by atoms with E-state index >= 15 is 0 Å². The molecule has 0 unspecified atom stereocenters. The van der Waals surface area contributed by atoms with Crippen molar-refractivity contribution < 1.29 is 4.74 Å². The first kappa shape index (κ1) is 15.8. The second kappa shape index (κ2) is 7.49. The molecule has 128 valence electrons. The minimum Gasteiger partial charge on any atom is -0.378 e. The van der Waals surface area contributed by atoms with Gasteiger partial charge >= 0.3 is 0 Å². The van der Waals surface area contributed by atoms with Gasteiger partial charge in [-0.15, -0.1) is 0 Å². The fourth-order valence-corrected chi connectivity index (χ4v) is 3.07. The van der Waals surface area contributed by atoms with Gasteiger partial charge in [-0.2, -0.15) is 4.98 Å². The lowest BCUT2D eigenvalue weighted by Crippen LogP contribution is -2.37. The highest BCUT2D eigenvalue weighted by Crippen LogP contribution is 2.24. The van der Waals surface area contributed by atoms with Gasteiger partial charge in [-0.25, -0.2) is 4.98 Å². The molecule has 0 saturated carbocycles. The Morgan fingerprint density at radius 2 is 1.68 bits per heavy atom. The fraction of sp³-hybridized carbons (Fsp3) is 0.300. The number of benzene rings is 2. The average molecular weight is 334 g/mol. The van der Waals surface area contributed by atoms with E-state index in [0.717, 1.165) is 61.9 Å². The van der Waals surface area contributed by atoms with Crippen LogP contribution in [0.25, 0.3) is 10.9 Å². The Bertz CT molecular complexity index is 831. The largest absolute Gasteiger partial charge is 0.378 e. The highest BCUT2D eigenvalue weighted by atomic mass is 16.5. The van der Waals surface area contributed by atoms with E-state index in [4.69, 9.17) is 14.7 Å². The van der Waals surface area contributed by atoms with Crippen molar-refractivity contribution in [2.45, 2.75) is 6.42 Å². The molecule has 4 rings (SSSR count). The van der Waals surface area contributed by atoms with Crippen molar-refractivity contribution in [1.82, 2.24) is 9.97 Å². The molecule has 2 aromatic carbocycles. The van der Waals surface area contributed by atoms with E-state index in [0.29, 0.717) is 0 Å². The first-order valence-corrected chi connectivity index (χ1v) is 8.77. The maximum Gasteiger partial charge on any atom is 0.228 e. The molecule has 3 aromatic rings. The van der Waals surface area contributed by atoms with Crippen molar-refractivity contribution in [3.05, 3.63) is 60.2 Å². The van der Waals surface area contributed by atoms with Crippen LogP contribution in [0.4, 0.5) is 11.8 Å². The van der Waals surface area contributed by atoms with Crippen molar-refractivity contribution in [3.8, 4) is 0 Å². The number of hydrogen-bond donors (Lipinski definition) is 1. The van der Waals surface area contributed by atoms with Gasteiger partial charge in [0.05, 0.1) is 18.7 Å². The van der Waals surface area contributed by atoms with E-state index in [9.17, 15) is 0 Å². The Kier molecular flexibility index (Phi) is 4.74. The molecule has 0 amide bonds. The van der Waals surface area contributed by atoms with Gasteiger partial charge in [-0.05, 0) is 24.1 Å². The quantitative estimate of drug-likeness (QED) is 0.777. The number of fused-ring (bicyclic) bond motifs is 1. The lowest BCUT2D eigenvalue weighted by molar-refractivity contribution is 0.122. The highest BCUT2D eigenvalue weighted by molar-refractivity contribution is 5.90. The Labute approximate surface area is 147 Å². The smallest absolute Gasteiger partial charge is 0.228 e. The number of nitrogens with zero attached hydrogens (tertiary/aromatic N) is 3. The molecule has 5 heteroatoms. The van der Waals surface area contributed by atoms with E-state index < -0.39 is 0 Å². The van der Waals surface area contributed by atoms with Gasteiger partial charge in [0.15, 0.2) is 0 Å². The summed E-state index contributed by atoms with van der Waals surface area (Å²) in [5.41, 5.74) is 2.29. The molecular formula is C20H22N4O.